The summed E-state index contributed by atoms with van der Waals surface area (Å²) >= 11 is 8.95. The number of carbonyl (C=O) groups is 1. The minimum atomic E-state index is -0.258. The number of rotatable bonds is 5. The van der Waals surface area contributed by atoms with Gasteiger partial charge in [0, 0.05) is 20.8 Å². The lowest BCUT2D eigenvalue weighted by atomic mass is 10.1. The van der Waals surface area contributed by atoms with E-state index in [2.05, 4.69) is 4.37 Å². The average Bonchev–Trinajstić information content (AvgIpc) is 3.26. The molecule has 0 aliphatic heterocycles. The van der Waals surface area contributed by atoms with Crippen LogP contribution in [0, 0.1) is 0 Å². The highest BCUT2D eigenvalue weighted by Gasteiger charge is 2.20. The number of hydrogen-bond donors (Lipinski definition) is 0. The van der Waals surface area contributed by atoms with Crippen molar-refractivity contribution >= 4 is 50.5 Å². The number of aromatic nitrogens is 2. The van der Waals surface area contributed by atoms with E-state index in [9.17, 15) is 4.79 Å². The Labute approximate surface area is 169 Å². The van der Waals surface area contributed by atoms with E-state index in [1.165, 1.54) is 22.9 Å². The van der Waals surface area contributed by atoms with Crippen LogP contribution in [-0.2, 0) is 16.0 Å². The molecule has 2 aromatic heterocycles. The van der Waals surface area contributed by atoms with E-state index in [1.807, 2.05) is 48.5 Å². The first kappa shape index (κ1) is 18.1. The molecular weight excluding hydrogens is 400 g/mol. The van der Waals surface area contributed by atoms with Gasteiger partial charge in [-0.05, 0) is 36.7 Å². The van der Waals surface area contributed by atoms with Crippen molar-refractivity contribution in [1.82, 2.24) is 9.36 Å². The molecule has 4 nitrogen and oxygen atoms in total. The van der Waals surface area contributed by atoms with Crippen LogP contribution in [0.3, 0.4) is 0 Å². The number of hydrogen-bond acceptors (Lipinski definition) is 6. The molecule has 7 heteroatoms. The van der Waals surface area contributed by atoms with Gasteiger partial charge in [-0.15, -0.1) is 11.3 Å². The highest BCUT2D eigenvalue weighted by Crippen LogP contribution is 2.38. The van der Waals surface area contributed by atoms with Crippen molar-refractivity contribution in [2.75, 3.05) is 6.61 Å². The minimum Gasteiger partial charge on any atom is -0.466 e. The van der Waals surface area contributed by atoms with Crippen LogP contribution in [0.1, 0.15) is 11.8 Å². The summed E-state index contributed by atoms with van der Waals surface area (Å²) in [6.45, 7) is 2.16. The molecule has 0 saturated heterocycles. The standard InChI is InChI=1S/C20H15ClN2O2S2/c1-2-25-17(24)11-16-18(12-7-9-13(21)10-8-12)22-20(26-16)19-14-5-3-4-6-15(14)27-23-19/h3-10H,2,11H2,1H3. The maximum Gasteiger partial charge on any atom is 0.311 e. The molecule has 0 saturated carbocycles. The molecule has 0 N–H and O–H groups in total. The molecule has 0 radical (unpaired) electrons. The van der Waals surface area contributed by atoms with E-state index < -0.39 is 0 Å². The Hall–Kier alpha value is -2.28. The highest BCUT2D eigenvalue weighted by atomic mass is 35.5. The fourth-order valence-corrected chi connectivity index (χ4v) is 4.82. The zero-order valence-electron chi connectivity index (χ0n) is 14.4. The van der Waals surface area contributed by atoms with Gasteiger partial charge >= 0.3 is 5.97 Å². The second-order valence-electron chi connectivity index (χ2n) is 5.81. The number of ether oxygens (including phenoxy) is 1. The monoisotopic (exact) mass is 414 g/mol. The molecule has 0 fully saturated rings. The van der Waals surface area contributed by atoms with Crippen LogP contribution in [0.5, 0.6) is 0 Å². The lowest BCUT2D eigenvalue weighted by Gasteiger charge is -2.03. The largest absolute Gasteiger partial charge is 0.466 e. The molecule has 0 atom stereocenters. The van der Waals surface area contributed by atoms with Gasteiger partial charge in [0.25, 0.3) is 0 Å². The van der Waals surface area contributed by atoms with Crippen molar-refractivity contribution in [1.29, 1.82) is 0 Å². The number of fused-ring (bicyclic) bond motifs is 1. The molecule has 0 spiro atoms. The van der Waals surface area contributed by atoms with Gasteiger partial charge in [0.05, 0.1) is 23.4 Å². The topological polar surface area (TPSA) is 52.1 Å². The van der Waals surface area contributed by atoms with Crippen LogP contribution in [0.25, 0.3) is 32.0 Å². The SMILES string of the molecule is CCOC(=O)Cc1sc(-c2nsc3ccccc23)nc1-c1ccc(Cl)cc1. The quantitative estimate of drug-likeness (QED) is 0.384. The molecule has 0 aliphatic carbocycles. The average molecular weight is 415 g/mol. The first-order chi connectivity index (χ1) is 13.2. The van der Waals surface area contributed by atoms with Gasteiger partial charge < -0.3 is 4.74 Å². The fourth-order valence-electron chi connectivity index (χ4n) is 2.79. The number of nitrogens with zero attached hydrogens (tertiary/aromatic N) is 2. The van der Waals surface area contributed by atoms with Crippen LogP contribution >= 0.6 is 34.5 Å². The number of thiazole rings is 1. The molecule has 27 heavy (non-hydrogen) atoms. The molecule has 0 amide bonds. The molecule has 0 aliphatic rings. The summed E-state index contributed by atoms with van der Waals surface area (Å²) in [6.07, 6.45) is 0.186. The van der Waals surface area contributed by atoms with Gasteiger partial charge in [-0.1, -0.05) is 41.9 Å². The Morgan fingerprint density at radius 2 is 1.89 bits per heavy atom. The van der Waals surface area contributed by atoms with Crippen LogP contribution in [0.2, 0.25) is 5.02 Å². The third kappa shape index (κ3) is 3.74. The van der Waals surface area contributed by atoms with Gasteiger partial charge in [-0.25, -0.2) is 4.98 Å². The third-order valence-electron chi connectivity index (χ3n) is 4.01. The van der Waals surface area contributed by atoms with Crippen molar-refractivity contribution in [3.05, 3.63) is 58.4 Å². The second kappa shape index (κ2) is 7.76. The van der Waals surface area contributed by atoms with Gasteiger partial charge in [0.1, 0.15) is 10.7 Å². The lowest BCUT2D eigenvalue weighted by molar-refractivity contribution is -0.142. The first-order valence-corrected chi connectivity index (χ1v) is 10.4. The number of carbonyl (C=O) groups excluding carboxylic acids is 1. The summed E-state index contributed by atoms with van der Waals surface area (Å²) in [7, 11) is 0. The summed E-state index contributed by atoms with van der Waals surface area (Å²) < 4.78 is 10.8. The summed E-state index contributed by atoms with van der Waals surface area (Å²) in [5.74, 6) is -0.258. The van der Waals surface area contributed by atoms with E-state index in [1.54, 1.807) is 6.92 Å². The lowest BCUT2D eigenvalue weighted by Crippen LogP contribution is -2.07. The zero-order valence-corrected chi connectivity index (χ0v) is 16.8. The van der Waals surface area contributed by atoms with E-state index in [-0.39, 0.29) is 12.4 Å². The molecular formula is C20H15ClN2O2S2. The molecule has 0 unspecified atom stereocenters. The molecule has 4 rings (SSSR count). The van der Waals surface area contributed by atoms with Crippen molar-refractivity contribution < 1.29 is 9.53 Å². The zero-order chi connectivity index (χ0) is 18.8. The van der Waals surface area contributed by atoms with E-state index >= 15 is 0 Å². The van der Waals surface area contributed by atoms with Crippen molar-refractivity contribution in [2.45, 2.75) is 13.3 Å². The number of benzene rings is 2. The van der Waals surface area contributed by atoms with E-state index in [4.69, 9.17) is 21.3 Å². The smallest absolute Gasteiger partial charge is 0.311 e. The van der Waals surface area contributed by atoms with E-state index in [0.717, 1.165) is 36.9 Å². The Morgan fingerprint density at radius 1 is 1.11 bits per heavy atom. The first-order valence-electron chi connectivity index (χ1n) is 8.41. The van der Waals surface area contributed by atoms with Gasteiger partial charge in [-0.3, -0.25) is 4.79 Å². The summed E-state index contributed by atoms with van der Waals surface area (Å²) in [5, 5.41) is 2.53. The summed E-state index contributed by atoms with van der Waals surface area (Å²) in [6, 6.07) is 15.5. The van der Waals surface area contributed by atoms with Gasteiger partial charge in [0.2, 0.25) is 0 Å². The van der Waals surface area contributed by atoms with Gasteiger partial charge in [0.15, 0.2) is 0 Å². The molecule has 136 valence electrons. The fraction of sp³-hybridized carbons (Fsp3) is 0.150. The Kier molecular flexibility index (Phi) is 5.20. The maximum absolute atomic E-state index is 12.1. The normalized spacial score (nSPS) is 11.0. The summed E-state index contributed by atoms with van der Waals surface area (Å²) in [5.41, 5.74) is 2.54. The maximum atomic E-state index is 12.1. The van der Waals surface area contributed by atoms with Crippen LogP contribution in [0.15, 0.2) is 48.5 Å². The van der Waals surface area contributed by atoms with Crippen molar-refractivity contribution in [3.8, 4) is 22.0 Å². The Morgan fingerprint density at radius 3 is 2.67 bits per heavy atom. The Bertz CT molecular complexity index is 1100. The minimum absolute atomic E-state index is 0.186. The highest BCUT2D eigenvalue weighted by molar-refractivity contribution is 7.17. The van der Waals surface area contributed by atoms with Crippen LogP contribution in [0.4, 0.5) is 0 Å². The van der Waals surface area contributed by atoms with Crippen molar-refractivity contribution in [3.63, 3.8) is 0 Å². The third-order valence-corrected chi connectivity index (χ3v) is 6.15. The number of halogens is 1. The van der Waals surface area contributed by atoms with Crippen LogP contribution < -0.4 is 0 Å². The molecule has 2 heterocycles. The molecule has 4 aromatic rings. The Balaban J connectivity index is 1.81. The predicted molar refractivity (Wildman–Crippen MR) is 112 cm³/mol. The predicted octanol–water partition coefficient (Wildman–Crippen LogP) is 5.85. The van der Waals surface area contributed by atoms with Gasteiger partial charge in [-0.2, -0.15) is 4.37 Å². The second-order valence-corrected chi connectivity index (χ2v) is 8.13. The summed E-state index contributed by atoms with van der Waals surface area (Å²) in [4.78, 5) is 17.8. The van der Waals surface area contributed by atoms with Crippen molar-refractivity contribution in [2.24, 2.45) is 0 Å². The molecule has 2 aromatic carbocycles. The number of esters is 1. The molecule has 0 bridgehead atoms. The van der Waals surface area contributed by atoms with Crippen LogP contribution in [-0.4, -0.2) is 21.9 Å². The van der Waals surface area contributed by atoms with E-state index in [0.29, 0.717) is 11.6 Å².